The molecule has 0 atom stereocenters. The number of carbonyl (C=O) groups excluding carboxylic acids is 2. The van der Waals surface area contributed by atoms with E-state index in [0.29, 0.717) is 5.56 Å². The van der Waals surface area contributed by atoms with Gasteiger partial charge in [0.1, 0.15) is 0 Å². The zero-order valence-corrected chi connectivity index (χ0v) is 12.0. The zero-order valence-electron chi connectivity index (χ0n) is 11.1. The summed E-state index contributed by atoms with van der Waals surface area (Å²) in [6.07, 6.45) is 0.782. The van der Waals surface area contributed by atoms with E-state index in [1.54, 1.807) is 36.4 Å². The molecule has 5 nitrogen and oxygen atoms in total. The molecule has 0 heterocycles. The summed E-state index contributed by atoms with van der Waals surface area (Å²) in [4.78, 5) is 23.9. The van der Waals surface area contributed by atoms with Crippen LogP contribution in [-0.2, 0) is 14.3 Å². The number of carbonyl (C=O) groups is 2. The number of ketones is 1. The summed E-state index contributed by atoms with van der Waals surface area (Å²) in [5.74, 6) is -1.27. The SMILES string of the molecule is CS(=O)(=O)OC(=O)c1cccc(C(=O)c2ccccc2)c1. The van der Waals surface area contributed by atoms with Crippen molar-refractivity contribution in [2.45, 2.75) is 0 Å². The van der Waals surface area contributed by atoms with Crippen LogP contribution in [0.25, 0.3) is 0 Å². The molecule has 0 spiro atoms. The van der Waals surface area contributed by atoms with Crippen LogP contribution in [0.3, 0.4) is 0 Å². The van der Waals surface area contributed by atoms with E-state index in [9.17, 15) is 18.0 Å². The average molecular weight is 304 g/mol. The van der Waals surface area contributed by atoms with Crippen molar-refractivity contribution in [2.75, 3.05) is 6.26 Å². The van der Waals surface area contributed by atoms with Gasteiger partial charge in [0.05, 0.1) is 11.8 Å². The molecule has 2 rings (SSSR count). The first kappa shape index (κ1) is 14.9. The van der Waals surface area contributed by atoms with Crippen LogP contribution in [0, 0.1) is 0 Å². The van der Waals surface area contributed by atoms with Gasteiger partial charge < -0.3 is 4.18 Å². The van der Waals surface area contributed by atoms with Gasteiger partial charge >= 0.3 is 16.1 Å². The molecule has 0 saturated heterocycles. The molecule has 21 heavy (non-hydrogen) atoms. The normalized spacial score (nSPS) is 10.9. The molecule has 0 saturated carbocycles. The van der Waals surface area contributed by atoms with Crippen molar-refractivity contribution >= 4 is 21.9 Å². The quantitative estimate of drug-likeness (QED) is 0.638. The summed E-state index contributed by atoms with van der Waals surface area (Å²) < 4.78 is 26.2. The Hall–Kier alpha value is -2.47. The molecular weight excluding hydrogens is 292 g/mol. The van der Waals surface area contributed by atoms with Crippen LogP contribution < -0.4 is 0 Å². The second kappa shape index (κ2) is 5.88. The molecule has 0 aliphatic carbocycles. The van der Waals surface area contributed by atoms with Crippen LogP contribution in [0.5, 0.6) is 0 Å². The lowest BCUT2D eigenvalue weighted by Crippen LogP contribution is -2.12. The fraction of sp³-hybridized carbons (Fsp3) is 0.0667. The minimum absolute atomic E-state index is 0.00204. The standard InChI is InChI=1S/C15H12O5S/c1-21(18,19)20-15(17)13-9-5-8-12(10-13)14(16)11-6-3-2-4-7-11/h2-10H,1H3. The van der Waals surface area contributed by atoms with Crippen LogP contribution in [0.2, 0.25) is 0 Å². The van der Waals surface area contributed by atoms with E-state index in [0.717, 1.165) is 6.26 Å². The van der Waals surface area contributed by atoms with Crippen LogP contribution in [0.1, 0.15) is 26.3 Å². The molecule has 2 aromatic carbocycles. The highest BCUT2D eigenvalue weighted by Crippen LogP contribution is 2.13. The van der Waals surface area contributed by atoms with Gasteiger partial charge in [-0.25, -0.2) is 4.79 Å². The monoisotopic (exact) mass is 304 g/mol. The molecule has 2 aromatic rings. The predicted molar refractivity (Wildman–Crippen MR) is 76.6 cm³/mol. The fourth-order valence-electron chi connectivity index (χ4n) is 1.73. The molecule has 0 N–H and O–H groups in total. The van der Waals surface area contributed by atoms with Crippen molar-refractivity contribution in [1.82, 2.24) is 0 Å². The van der Waals surface area contributed by atoms with Gasteiger partial charge in [-0.1, -0.05) is 42.5 Å². The molecule has 108 valence electrons. The fourth-order valence-corrected chi connectivity index (χ4v) is 2.10. The highest BCUT2D eigenvalue weighted by molar-refractivity contribution is 7.86. The number of benzene rings is 2. The zero-order chi connectivity index (χ0) is 15.5. The molecule has 0 fully saturated rings. The van der Waals surface area contributed by atoms with E-state index in [4.69, 9.17) is 0 Å². The minimum Gasteiger partial charge on any atom is -0.341 e. The Morgan fingerprint density at radius 2 is 1.43 bits per heavy atom. The molecule has 0 radical (unpaired) electrons. The number of hydrogen-bond donors (Lipinski definition) is 0. The molecule has 0 aromatic heterocycles. The highest BCUT2D eigenvalue weighted by Gasteiger charge is 2.16. The minimum atomic E-state index is -3.89. The molecule has 6 heteroatoms. The third-order valence-electron chi connectivity index (χ3n) is 2.62. The maximum atomic E-state index is 12.2. The summed E-state index contributed by atoms with van der Waals surface area (Å²) in [5.41, 5.74) is 0.762. The molecule has 0 aliphatic heterocycles. The van der Waals surface area contributed by atoms with Gasteiger partial charge in [0.15, 0.2) is 5.78 Å². The summed E-state index contributed by atoms with van der Waals surface area (Å²) in [6.45, 7) is 0. The Morgan fingerprint density at radius 3 is 2.05 bits per heavy atom. The van der Waals surface area contributed by atoms with E-state index in [1.807, 2.05) is 0 Å². The van der Waals surface area contributed by atoms with Crippen molar-refractivity contribution < 1.29 is 22.2 Å². The molecule has 0 bridgehead atoms. The highest BCUT2D eigenvalue weighted by atomic mass is 32.2. The first-order valence-electron chi connectivity index (χ1n) is 6.00. The maximum Gasteiger partial charge on any atom is 0.353 e. The van der Waals surface area contributed by atoms with Gasteiger partial charge in [0, 0.05) is 11.1 Å². The lowest BCUT2D eigenvalue weighted by atomic mass is 10.0. The Morgan fingerprint density at radius 1 is 0.857 bits per heavy atom. The molecule has 0 amide bonds. The summed E-state index contributed by atoms with van der Waals surface area (Å²) in [6, 6.07) is 14.3. The summed E-state index contributed by atoms with van der Waals surface area (Å²) >= 11 is 0. The first-order valence-corrected chi connectivity index (χ1v) is 7.82. The van der Waals surface area contributed by atoms with Crippen LogP contribution >= 0.6 is 0 Å². The third kappa shape index (κ3) is 4.00. The lowest BCUT2D eigenvalue weighted by molar-refractivity contribution is 0.0748. The number of rotatable bonds is 4. The Kier molecular flexibility index (Phi) is 4.18. The second-order valence-electron chi connectivity index (χ2n) is 4.35. The van der Waals surface area contributed by atoms with Crippen molar-refractivity contribution in [3.63, 3.8) is 0 Å². The van der Waals surface area contributed by atoms with Crippen molar-refractivity contribution in [1.29, 1.82) is 0 Å². The van der Waals surface area contributed by atoms with Gasteiger partial charge in [-0.2, -0.15) is 8.42 Å². The Labute approximate surface area is 122 Å². The van der Waals surface area contributed by atoms with E-state index in [2.05, 4.69) is 4.18 Å². The van der Waals surface area contributed by atoms with E-state index in [1.165, 1.54) is 18.2 Å². The van der Waals surface area contributed by atoms with Crippen LogP contribution in [0.4, 0.5) is 0 Å². The average Bonchev–Trinajstić information content (AvgIpc) is 2.46. The first-order chi connectivity index (χ1) is 9.87. The molecular formula is C15H12O5S. The van der Waals surface area contributed by atoms with Gasteiger partial charge in [-0.05, 0) is 12.1 Å². The lowest BCUT2D eigenvalue weighted by Gasteiger charge is -2.04. The van der Waals surface area contributed by atoms with E-state index >= 15 is 0 Å². The van der Waals surface area contributed by atoms with E-state index in [-0.39, 0.29) is 16.9 Å². The number of hydrogen-bond acceptors (Lipinski definition) is 5. The summed E-state index contributed by atoms with van der Waals surface area (Å²) in [5, 5.41) is 0. The summed E-state index contributed by atoms with van der Waals surface area (Å²) in [7, 11) is -3.89. The maximum absolute atomic E-state index is 12.2. The van der Waals surface area contributed by atoms with Crippen molar-refractivity contribution in [3.05, 3.63) is 71.3 Å². The van der Waals surface area contributed by atoms with Gasteiger partial charge in [0.25, 0.3) is 0 Å². The third-order valence-corrected chi connectivity index (χ3v) is 3.08. The van der Waals surface area contributed by atoms with Crippen LogP contribution in [-0.4, -0.2) is 26.4 Å². The smallest absolute Gasteiger partial charge is 0.341 e. The predicted octanol–water partition coefficient (Wildman–Crippen LogP) is 2.03. The Bertz CT molecular complexity index is 779. The van der Waals surface area contributed by atoms with Gasteiger partial charge in [-0.3, -0.25) is 4.79 Å². The largest absolute Gasteiger partial charge is 0.353 e. The van der Waals surface area contributed by atoms with Crippen LogP contribution in [0.15, 0.2) is 54.6 Å². The van der Waals surface area contributed by atoms with Gasteiger partial charge in [-0.15, -0.1) is 0 Å². The van der Waals surface area contributed by atoms with E-state index < -0.39 is 16.1 Å². The van der Waals surface area contributed by atoms with Crippen molar-refractivity contribution in [2.24, 2.45) is 0 Å². The molecule has 0 aliphatic rings. The van der Waals surface area contributed by atoms with Crippen molar-refractivity contribution in [3.8, 4) is 0 Å². The Balaban J connectivity index is 2.30. The second-order valence-corrected chi connectivity index (χ2v) is 5.93. The van der Waals surface area contributed by atoms with Gasteiger partial charge in [0.2, 0.25) is 0 Å². The topological polar surface area (TPSA) is 77.5 Å². The molecule has 0 unspecified atom stereocenters.